The molecule has 1 atom stereocenters. The number of hydrogen-bond donors (Lipinski definition) is 2. The Balaban J connectivity index is 2.28. The van der Waals surface area contributed by atoms with Gasteiger partial charge in [-0.3, -0.25) is 0 Å². The Morgan fingerprint density at radius 1 is 1.39 bits per heavy atom. The highest BCUT2D eigenvalue weighted by molar-refractivity contribution is 7.86. The molecule has 6 nitrogen and oxygen atoms in total. The Morgan fingerprint density at radius 3 is 2.56 bits per heavy atom. The number of hydrogen-bond acceptors (Lipinski definition) is 4. The number of rotatable bonds is 7. The molecule has 0 spiro atoms. The highest BCUT2D eigenvalue weighted by Gasteiger charge is 2.16. The third kappa shape index (κ3) is 5.56. The zero-order valence-electron chi connectivity index (χ0n) is 10.2. The fourth-order valence-electron chi connectivity index (χ4n) is 1.34. The Bertz CT molecular complexity index is 449. The number of nitrogens with two attached hydrogens (primary N) is 1. The summed E-state index contributed by atoms with van der Waals surface area (Å²) in [5.41, 5.74) is 0.990. The number of benzene rings is 1. The molecule has 0 amide bonds. The van der Waals surface area contributed by atoms with Crippen molar-refractivity contribution >= 4 is 10.2 Å². The Kier molecular flexibility index (Phi) is 5.70. The molecule has 0 aliphatic rings. The zero-order valence-corrected chi connectivity index (χ0v) is 11.0. The molecule has 0 aliphatic carbocycles. The summed E-state index contributed by atoms with van der Waals surface area (Å²) >= 11 is 0. The fraction of sp³-hybridized carbons (Fsp3) is 0.455. The second-order valence-electron chi connectivity index (χ2n) is 3.98. The van der Waals surface area contributed by atoms with Gasteiger partial charge in [-0.2, -0.15) is 12.7 Å². The van der Waals surface area contributed by atoms with E-state index in [-0.39, 0.29) is 13.2 Å². The first-order chi connectivity index (χ1) is 8.39. The molecule has 102 valence electrons. The standard InChI is InChI=1S/C11H18N2O4S/c1-13(18(12,15)16)7-11(14)9-17-8-10-5-3-2-4-6-10/h2-6,11,14H,7-9H2,1H3,(H2,12,15,16). The fourth-order valence-corrected chi connectivity index (χ4v) is 1.72. The van der Waals surface area contributed by atoms with Crippen LogP contribution in [0.5, 0.6) is 0 Å². The van der Waals surface area contributed by atoms with Crippen molar-refractivity contribution in [2.45, 2.75) is 12.7 Å². The maximum absolute atomic E-state index is 10.9. The van der Waals surface area contributed by atoms with Crippen LogP contribution in [-0.4, -0.2) is 44.1 Å². The molecule has 0 aromatic heterocycles. The van der Waals surface area contributed by atoms with Gasteiger partial charge in [-0.05, 0) is 5.56 Å². The topological polar surface area (TPSA) is 92.9 Å². The molecule has 1 unspecified atom stereocenters. The first-order valence-corrected chi connectivity index (χ1v) is 6.93. The molecule has 1 aromatic carbocycles. The van der Waals surface area contributed by atoms with E-state index in [1.807, 2.05) is 30.3 Å². The average molecular weight is 274 g/mol. The number of aliphatic hydroxyl groups is 1. The molecular formula is C11H18N2O4S. The van der Waals surface area contributed by atoms with Crippen molar-refractivity contribution in [3.05, 3.63) is 35.9 Å². The van der Waals surface area contributed by atoms with Crippen LogP contribution in [0.25, 0.3) is 0 Å². The SMILES string of the molecule is CN(CC(O)COCc1ccccc1)S(N)(=O)=O. The van der Waals surface area contributed by atoms with Crippen LogP contribution in [-0.2, 0) is 21.6 Å². The predicted molar refractivity (Wildman–Crippen MR) is 67.8 cm³/mol. The Labute approximate surface area is 107 Å². The molecule has 7 heteroatoms. The summed E-state index contributed by atoms with van der Waals surface area (Å²) in [4.78, 5) is 0. The smallest absolute Gasteiger partial charge is 0.276 e. The van der Waals surface area contributed by atoms with Crippen molar-refractivity contribution in [3.8, 4) is 0 Å². The van der Waals surface area contributed by atoms with Crippen molar-refractivity contribution in [1.82, 2.24) is 4.31 Å². The van der Waals surface area contributed by atoms with E-state index in [0.717, 1.165) is 9.87 Å². The van der Waals surface area contributed by atoms with Crippen LogP contribution in [0.2, 0.25) is 0 Å². The van der Waals surface area contributed by atoms with E-state index in [0.29, 0.717) is 6.61 Å². The number of ether oxygens (including phenoxy) is 1. The molecule has 0 radical (unpaired) electrons. The van der Waals surface area contributed by atoms with Gasteiger partial charge < -0.3 is 9.84 Å². The summed E-state index contributed by atoms with van der Waals surface area (Å²) in [5, 5.41) is 14.5. The highest BCUT2D eigenvalue weighted by atomic mass is 32.2. The van der Waals surface area contributed by atoms with E-state index >= 15 is 0 Å². The molecule has 0 saturated heterocycles. The lowest BCUT2D eigenvalue weighted by Crippen LogP contribution is -2.40. The summed E-state index contributed by atoms with van der Waals surface area (Å²) in [6.07, 6.45) is -0.906. The van der Waals surface area contributed by atoms with Gasteiger partial charge in [0.15, 0.2) is 0 Å². The number of aliphatic hydroxyl groups excluding tert-OH is 1. The molecule has 1 aromatic rings. The van der Waals surface area contributed by atoms with Crippen LogP contribution in [0.4, 0.5) is 0 Å². The Hall–Kier alpha value is -0.990. The Morgan fingerprint density at radius 2 is 2.00 bits per heavy atom. The monoisotopic (exact) mass is 274 g/mol. The van der Waals surface area contributed by atoms with Crippen LogP contribution in [0.1, 0.15) is 5.56 Å². The van der Waals surface area contributed by atoms with E-state index in [1.165, 1.54) is 7.05 Å². The van der Waals surface area contributed by atoms with Gasteiger partial charge in [-0.1, -0.05) is 30.3 Å². The predicted octanol–water partition coefficient (Wildman–Crippen LogP) is -0.301. The molecule has 0 bridgehead atoms. The van der Waals surface area contributed by atoms with Gasteiger partial charge in [-0.25, -0.2) is 5.14 Å². The van der Waals surface area contributed by atoms with Gasteiger partial charge >= 0.3 is 0 Å². The maximum Gasteiger partial charge on any atom is 0.276 e. The van der Waals surface area contributed by atoms with Crippen molar-refractivity contribution < 1.29 is 18.3 Å². The van der Waals surface area contributed by atoms with Crippen LogP contribution < -0.4 is 5.14 Å². The molecule has 0 saturated carbocycles. The summed E-state index contributed by atoms with van der Waals surface area (Å²) < 4.78 is 28.0. The van der Waals surface area contributed by atoms with Gasteiger partial charge in [0.25, 0.3) is 10.2 Å². The minimum atomic E-state index is -3.76. The van der Waals surface area contributed by atoms with E-state index in [2.05, 4.69) is 0 Å². The van der Waals surface area contributed by atoms with Crippen LogP contribution >= 0.6 is 0 Å². The first kappa shape index (κ1) is 15.1. The van der Waals surface area contributed by atoms with Gasteiger partial charge in [0.1, 0.15) is 0 Å². The molecule has 0 heterocycles. The quantitative estimate of drug-likeness (QED) is 0.714. The van der Waals surface area contributed by atoms with Crippen LogP contribution in [0.3, 0.4) is 0 Å². The van der Waals surface area contributed by atoms with Crippen molar-refractivity contribution in [3.63, 3.8) is 0 Å². The summed E-state index contributed by atoms with van der Waals surface area (Å²) in [7, 11) is -2.46. The van der Waals surface area contributed by atoms with Gasteiger partial charge in [-0.15, -0.1) is 0 Å². The molecule has 1 rings (SSSR count). The molecule has 0 fully saturated rings. The third-order valence-corrected chi connectivity index (χ3v) is 3.34. The van der Waals surface area contributed by atoms with E-state index in [1.54, 1.807) is 0 Å². The second kappa shape index (κ2) is 6.81. The molecule has 18 heavy (non-hydrogen) atoms. The van der Waals surface area contributed by atoms with Crippen LogP contribution in [0, 0.1) is 0 Å². The molecule has 3 N–H and O–H groups in total. The first-order valence-electron chi connectivity index (χ1n) is 5.43. The molecular weight excluding hydrogens is 256 g/mol. The van der Waals surface area contributed by atoms with Crippen LogP contribution in [0.15, 0.2) is 30.3 Å². The highest BCUT2D eigenvalue weighted by Crippen LogP contribution is 2.01. The zero-order chi connectivity index (χ0) is 13.6. The average Bonchev–Trinajstić information content (AvgIpc) is 2.29. The number of likely N-dealkylation sites (N-methyl/N-ethyl adjacent to an activating group) is 1. The number of nitrogens with zero attached hydrogens (tertiary/aromatic N) is 1. The summed E-state index contributed by atoms with van der Waals surface area (Å²) in [6.45, 7) is 0.333. The van der Waals surface area contributed by atoms with Crippen molar-refractivity contribution in [1.29, 1.82) is 0 Å². The lowest BCUT2D eigenvalue weighted by atomic mass is 10.2. The van der Waals surface area contributed by atoms with E-state index in [4.69, 9.17) is 9.88 Å². The largest absolute Gasteiger partial charge is 0.389 e. The third-order valence-electron chi connectivity index (χ3n) is 2.32. The lowest BCUT2D eigenvalue weighted by molar-refractivity contribution is 0.0222. The normalized spacial score (nSPS) is 13.8. The minimum Gasteiger partial charge on any atom is -0.389 e. The van der Waals surface area contributed by atoms with Gasteiger partial charge in [0, 0.05) is 13.6 Å². The lowest BCUT2D eigenvalue weighted by Gasteiger charge is -2.18. The van der Waals surface area contributed by atoms with E-state index in [9.17, 15) is 13.5 Å². The van der Waals surface area contributed by atoms with Gasteiger partial charge in [0.2, 0.25) is 0 Å². The minimum absolute atomic E-state index is 0.0504. The van der Waals surface area contributed by atoms with Gasteiger partial charge in [0.05, 0.1) is 19.3 Å². The van der Waals surface area contributed by atoms with Crippen molar-refractivity contribution in [2.24, 2.45) is 5.14 Å². The van der Waals surface area contributed by atoms with E-state index < -0.39 is 16.3 Å². The summed E-state index contributed by atoms with van der Waals surface area (Å²) in [5.74, 6) is 0. The van der Waals surface area contributed by atoms with Crippen molar-refractivity contribution in [2.75, 3.05) is 20.2 Å². The second-order valence-corrected chi connectivity index (χ2v) is 5.63. The summed E-state index contributed by atoms with van der Waals surface area (Å²) in [6, 6.07) is 9.50. The molecule has 0 aliphatic heterocycles. The maximum atomic E-state index is 10.9.